The first-order chi connectivity index (χ1) is 8.34. The molecule has 3 N–H and O–H groups in total. The molecule has 0 saturated heterocycles. The molecule has 0 spiro atoms. The van der Waals surface area contributed by atoms with Gasteiger partial charge in [-0.2, -0.15) is 0 Å². The maximum atomic E-state index is 5.89. The molecule has 0 heterocycles. The number of nitrogens with one attached hydrogen (secondary N) is 1. The number of nitrogens with zero attached hydrogens (tertiary/aromatic N) is 1. The van der Waals surface area contributed by atoms with Gasteiger partial charge >= 0.3 is 0 Å². The van der Waals surface area contributed by atoms with Gasteiger partial charge in [0, 0.05) is 12.6 Å². The summed E-state index contributed by atoms with van der Waals surface area (Å²) in [6.45, 7) is 0.905. The van der Waals surface area contributed by atoms with Gasteiger partial charge in [-0.25, -0.2) is 0 Å². The molecule has 0 atom stereocenters. The number of hydrogen-bond donors (Lipinski definition) is 2. The van der Waals surface area contributed by atoms with E-state index >= 15 is 0 Å². The van der Waals surface area contributed by atoms with Crippen LogP contribution in [0.5, 0.6) is 0 Å². The summed E-state index contributed by atoms with van der Waals surface area (Å²) < 4.78 is 0. The smallest absolute Gasteiger partial charge is 0.188 e. The van der Waals surface area contributed by atoms with Gasteiger partial charge in [0.1, 0.15) is 0 Å². The Morgan fingerprint density at radius 3 is 2.41 bits per heavy atom. The Kier molecular flexibility index (Phi) is 5.14. The van der Waals surface area contributed by atoms with Crippen molar-refractivity contribution in [1.82, 2.24) is 5.32 Å². The molecule has 3 heteroatoms. The van der Waals surface area contributed by atoms with Crippen LogP contribution in [0.25, 0.3) is 0 Å². The molecule has 2 fully saturated rings. The van der Waals surface area contributed by atoms with Gasteiger partial charge in [0.05, 0.1) is 0 Å². The van der Waals surface area contributed by atoms with Crippen molar-refractivity contribution in [3.05, 3.63) is 0 Å². The van der Waals surface area contributed by atoms with Crippen LogP contribution in [0.15, 0.2) is 4.99 Å². The van der Waals surface area contributed by atoms with Crippen LogP contribution < -0.4 is 11.1 Å². The molecule has 0 unspecified atom stereocenters. The number of hydrogen-bond acceptors (Lipinski definition) is 1. The Balaban J connectivity index is 1.55. The van der Waals surface area contributed by atoms with E-state index in [1.165, 1.54) is 64.2 Å². The first-order valence-corrected chi connectivity index (χ1v) is 7.41. The summed E-state index contributed by atoms with van der Waals surface area (Å²) >= 11 is 0. The third-order valence-corrected chi connectivity index (χ3v) is 4.23. The summed E-state index contributed by atoms with van der Waals surface area (Å²) in [4.78, 5) is 4.43. The number of aliphatic imine (C=N–C) groups is 1. The summed E-state index contributed by atoms with van der Waals surface area (Å²) in [6, 6.07) is 0.591. The summed E-state index contributed by atoms with van der Waals surface area (Å²) in [6.07, 6.45) is 13.5. The first-order valence-electron chi connectivity index (χ1n) is 7.41. The monoisotopic (exact) mass is 237 g/mol. The minimum absolute atomic E-state index is 0.591. The predicted octanol–water partition coefficient (Wildman–Crippen LogP) is 2.80. The molecule has 0 amide bonds. The molecular weight excluding hydrogens is 210 g/mol. The van der Waals surface area contributed by atoms with E-state index in [9.17, 15) is 0 Å². The standard InChI is InChI=1S/C14H27N3/c15-14(17-13-9-3-4-10-13)16-11-5-8-12-6-1-2-7-12/h12-13H,1-11H2,(H3,15,16,17). The van der Waals surface area contributed by atoms with Crippen LogP contribution in [0.2, 0.25) is 0 Å². The van der Waals surface area contributed by atoms with Crippen molar-refractivity contribution in [2.75, 3.05) is 6.54 Å². The number of nitrogens with two attached hydrogens (primary N) is 1. The molecule has 2 saturated carbocycles. The molecule has 2 aliphatic rings. The van der Waals surface area contributed by atoms with Gasteiger partial charge in [0.25, 0.3) is 0 Å². The largest absolute Gasteiger partial charge is 0.370 e. The van der Waals surface area contributed by atoms with E-state index in [2.05, 4.69) is 10.3 Å². The number of guanidine groups is 1. The molecule has 0 bridgehead atoms. The van der Waals surface area contributed by atoms with Crippen LogP contribution in [0, 0.1) is 5.92 Å². The van der Waals surface area contributed by atoms with Crippen molar-refractivity contribution < 1.29 is 0 Å². The molecule has 0 aliphatic heterocycles. The molecule has 0 aromatic carbocycles. The Morgan fingerprint density at radius 2 is 1.71 bits per heavy atom. The van der Waals surface area contributed by atoms with Gasteiger partial charge in [-0.05, 0) is 31.6 Å². The van der Waals surface area contributed by atoms with Crippen molar-refractivity contribution in [2.24, 2.45) is 16.6 Å². The predicted molar refractivity (Wildman–Crippen MR) is 73.1 cm³/mol. The normalized spacial score (nSPS) is 23.4. The lowest BCUT2D eigenvalue weighted by Gasteiger charge is -2.12. The van der Waals surface area contributed by atoms with Crippen molar-refractivity contribution in [1.29, 1.82) is 0 Å². The van der Waals surface area contributed by atoms with E-state index in [-0.39, 0.29) is 0 Å². The van der Waals surface area contributed by atoms with Crippen molar-refractivity contribution in [2.45, 2.75) is 70.3 Å². The van der Waals surface area contributed by atoms with Crippen molar-refractivity contribution >= 4 is 5.96 Å². The molecular formula is C14H27N3. The third-order valence-electron chi connectivity index (χ3n) is 4.23. The van der Waals surface area contributed by atoms with Gasteiger partial charge in [-0.1, -0.05) is 38.5 Å². The maximum Gasteiger partial charge on any atom is 0.188 e. The third kappa shape index (κ3) is 4.57. The van der Waals surface area contributed by atoms with Gasteiger partial charge in [-0.3, -0.25) is 4.99 Å². The topological polar surface area (TPSA) is 50.4 Å². The zero-order valence-corrected chi connectivity index (χ0v) is 11.0. The summed E-state index contributed by atoms with van der Waals surface area (Å²) in [7, 11) is 0. The van der Waals surface area contributed by atoms with Crippen LogP contribution in [0.1, 0.15) is 64.2 Å². The van der Waals surface area contributed by atoms with Crippen molar-refractivity contribution in [3.8, 4) is 0 Å². The Hall–Kier alpha value is -0.730. The van der Waals surface area contributed by atoms with Crippen LogP contribution in [-0.4, -0.2) is 18.5 Å². The minimum atomic E-state index is 0.591. The zero-order chi connectivity index (χ0) is 11.9. The average Bonchev–Trinajstić information content (AvgIpc) is 2.96. The SMILES string of the molecule is NC(=NCCCC1CCCC1)NC1CCCC1. The quantitative estimate of drug-likeness (QED) is 0.439. The van der Waals surface area contributed by atoms with Crippen LogP contribution in [0.4, 0.5) is 0 Å². The van der Waals surface area contributed by atoms with E-state index in [0.29, 0.717) is 12.0 Å². The zero-order valence-electron chi connectivity index (χ0n) is 11.0. The average molecular weight is 237 g/mol. The molecule has 98 valence electrons. The van der Waals surface area contributed by atoms with Gasteiger partial charge in [0.2, 0.25) is 0 Å². The molecule has 2 rings (SSSR count). The summed E-state index contributed by atoms with van der Waals surface area (Å²) in [5, 5.41) is 3.34. The van der Waals surface area contributed by atoms with Gasteiger partial charge in [-0.15, -0.1) is 0 Å². The highest BCUT2D eigenvalue weighted by molar-refractivity contribution is 5.78. The molecule has 0 aromatic rings. The highest BCUT2D eigenvalue weighted by Gasteiger charge is 2.15. The van der Waals surface area contributed by atoms with E-state index in [4.69, 9.17) is 5.73 Å². The lowest BCUT2D eigenvalue weighted by molar-refractivity contribution is 0.487. The van der Waals surface area contributed by atoms with Gasteiger partial charge < -0.3 is 11.1 Å². The highest BCUT2D eigenvalue weighted by atomic mass is 15.1. The van der Waals surface area contributed by atoms with Gasteiger partial charge in [0.15, 0.2) is 5.96 Å². The fourth-order valence-corrected chi connectivity index (χ4v) is 3.20. The fraction of sp³-hybridized carbons (Fsp3) is 0.929. The van der Waals surface area contributed by atoms with E-state index in [1.807, 2.05) is 0 Å². The second-order valence-corrected chi connectivity index (χ2v) is 5.69. The highest BCUT2D eigenvalue weighted by Crippen LogP contribution is 2.28. The summed E-state index contributed by atoms with van der Waals surface area (Å²) in [5.74, 6) is 1.65. The maximum absolute atomic E-state index is 5.89. The number of rotatable bonds is 5. The van der Waals surface area contributed by atoms with Crippen LogP contribution in [-0.2, 0) is 0 Å². The minimum Gasteiger partial charge on any atom is -0.370 e. The lowest BCUT2D eigenvalue weighted by atomic mass is 10.0. The molecule has 0 aromatic heterocycles. The van der Waals surface area contributed by atoms with Crippen molar-refractivity contribution in [3.63, 3.8) is 0 Å². The van der Waals surface area contributed by atoms with E-state index in [0.717, 1.165) is 12.5 Å². The second-order valence-electron chi connectivity index (χ2n) is 5.69. The molecule has 2 aliphatic carbocycles. The van der Waals surface area contributed by atoms with Crippen LogP contribution >= 0.6 is 0 Å². The second kappa shape index (κ2) is 6.87. The Bertz CT molecular complexity index is 238. The van der Waals surface area contributed by atoms with E-state index in [1.54, 1.807) is 0 Å². The Morgan fingerprint density at radius 1 is 1.06 bits per heavy atom. The summed E-state index contributed by atoms with van der Waals surface area (Å²) in [5.41, 5.74) is 5.89. The molecule has 3 nitrogen and oxygen atoms in total. The van der Waals surface area contributed by atoms with E-state index < -0.39 is 0 Å². The fourth-order valence-electron chi connectivity index (χ4n) is 3.20. The first kappa shape index (κ1) is 12.7. The molecule has 0 radical (unpaired) electrons. The Labute approximate surface area is 105 Å². The van der Waals surface area contributed by atoms with Crippen LogP contribution in [0.3, 0.4) is 0 Å². The lowest BCUT2D eigenvalue weighted by Crippen LogP contribution is -2.38. The molecule has 17 heavy (non-hydrogen) atoms.